The molecular weight excluding hydrogens is 1090 g/mol. The third kappa shape index (κ3) is 9.31. The maximum absolute atomic E-state index is 14.9. The van der Waals surface area contributed by atoms with E-state index in [1.165, 1.54) is 32.5 Å². The second-order valence-electron chi connectivity index (χ2n) is 14.2. The van der Waals surface area contributed by atoms with E-state index in [1.807, 2.05) is 0 Å². The highest BCUT2D eigenvalue weighted by atomic mass is 32.3. The monoisotopic (exact) mass is 1120 g/mol. The van der Waals surface area contributed by atoms with Crippen molar-refractivity contribution in [2.75, 3.05) is 13.1 Å². The van der Waals surface area contributed by atoms with Crippen LogP contribution in [0.3, 0.4) is 0 Å². The predicted octanol–water partition coefficient (Wildman–Crippen LogP) is 9.80. The SMILES string of the molecule is C=NC(CC)c1ccc2c(-c3ccc(S(=O)(=O)[N-]S(=O)(=O)C(F)(F)C(F)(F)C(F)(F)C(F)(F)F)cc3S(=O)(=O)[N-]S(=O)(=O)C(F)(F)C(F)(F)C(F)(F)C(F)(F)F)c3ccc(=[N+](CC)CC)cc-3oc2c1. The zero-order chi connectivity index (χ0) is 54.2. The lowest BCUT2D eigenvalue weighted by atomic mass is 9.92. The van der Waals surface area contributed by atoms with Gasteiger partial charge < -0.3 is 12.7 Å². The van der Waals surface area contributed by atoms with Crippen molar-refractivity contribution in [1.82, 2.24) is 4.58 Å². The Morgan fingerprint density at radius 2 is 1.04 bits per heavy atom. The van der Waals surface area contributed by atoms with Crippen molar-refractivity contribution in [3.05, 3.63) is 73.8 Å². The third-order valence-corrected chi connectivity index (χ3v) is 16.6. The maximum Gasteiger partial charge on any atom is 0.460 e. The molecule has 0 bridgehead atoms. The number of benzene rings is 3. The summed E-state index contributed by atoms with van der Waals surface area (Å²) in [5.41, 5.74) is -2.63. The standard InChI is InChI=1S/C35H27F18N4O9S4/c1-5-23(54-4)17-8-11-20-24(14-17)66-25-15-18(57(6-2)7-3)9-12-21(25)27(20)22-13-10-19(67(58,59)55-69(62,63)34(50,51)30(40,41)28(36,37)32(44,45)46)16-26(22)68(60,61)56-70(64,65)35(52,53)31(42,43)29(38,39)33(47,48)49/h8-16,23H,4-7H2,1-3H3/q-1. The van der Waals surface area contributed by atoms with Gasteiger partial charge in [-0.25, -0.2) is 38.2 Å². The number of hydrogen-bond donors (Lipinski definition) is 0. The van der Waals surface area contributed by atoms with Crippen LogP contribution in [0, 0.1) is 0 Å². The van der Waals surface area contributed by atoms with E-state index in [1.54, 1.807) is 25.3 Å². The van der Waals surface area contributed by atoms with E-state index in [4.69, 9.17) is 4.42 Å². The third-order valence-electron chi connectivity index (χ3n) is 9.92. The first-order valence-corrected chi connectivity index (χ1v) is 24.2. The van der Waals surface area contributed by atoms with Crippen molar-refractivity contribution in [3.8, 4) is 22.5 Å². The number of sulfonamides is 4. The van der Waals surface area contributed by atoms with E-state index < -0.39 is 131 Å². The minimum atomic E-state index is -8.41. The molecule has 35 heteroatoms. The number of aliphatic imine (C=N–C) groups is 1. The average Bonchev–Trinajstić information content (AvgIpc) is 3.21. The van der Waals surface area contributed by atoms with Crippen molar-refractivity contribution in [2.45, 2.75) is 89.6 Å². The highest BCUT2D eigenvalue weighted by molar-refractivity contribution is 8.13. The molecule has 13 nitrogen and oxygen atoms in total. The first-order valence-electron chi connectivity index (χ1n) is 18.4. The zero-order valence-electron chi connectivity index (χ0n) is 34.5. The van der Waals surface area contributed by atoms with Crippen molar-refractivity contribution in [3.63, 3.8) is 0 Å². The molecule has 0 saturated heterocycles. The lowest BCUT2D eigenvalue weighted by Crippen LogP contribution is -2.63. The number of hydrogen-bond acceptors (Lipinski definition) is 10. The Labute approximate surface area is 382 Å². The van der Waals surface area contributed by atoms with E-state index in [0.717, 1.165) is 12.1 Å². The Morgan fingerprint density at radius 3 is 1.47 bits per heavy atom. The van der Waals surface area contributed by atoms with Crippen LogP contribution < -0.4 is 9.93 Å². The van der Waals surface area contributed by atoms with Crippen LogP contribution in [-0.4, -0.2) is 100 Å². The minimum absolute atomic E-state index is 0.0275. The van der Waals surface area contributed by atoms with Gasteiger partial charge in [0.05, 0.1) is 21.9 Å². The predicted molar refractivity (Wildman–Crippen MR) is 208 cm³/mol. The number of rotatable bonds is 18. The van der Waals surface area contributed by atoms with Crippen LogP contribution in [0.1, 0.15) is 38.8 Å². The van der Waals surface area contributed by atoms with E-state index >= 15 is 0 Å². The molecule has 1 unspecified atom stereocenters. The van der Waals surface area contributed by atoms with E-state index in [-0.39, 0.29) is 48.5 Å². The molecule has 2 aliphatic rings. The number of nitrogens with zero attached hydrogens (tertiary/aromatic N) is 4. The summed E-state index contributed by atoms with van der Waals surface area (Å²) < 4.78 is 362. The summed E-state index contributed by atoms with van der Waals surface area (Å²) >= 11 is 0. The average molecular weight is 1120 g/mol. The van der Waals surface area contributed by atoms with Crippen LogP contribution in [0.2, 0.25) is 0 Å². The quantitative estimate of drug-likeness (QED) is 0.0404. The van der Waals surface area contributed by atoms with Gasteiger partial charge in [-0.3, -0.25) is 4.99 Å². The number of alkyl halides is 18. The number of fused-ring (bicyclic) bond motifs is 2. The molecule has 0 N–H and O–H groups in total. The molecule has 70 heavy (non-hydrogen) atoms. The number of halogens is 18. The Balaban J connectivity index is 2.20. The van der Waals surface area contributed by atoms with Crippen LogP contribution in [0.25, 0.3) is 41.7 Å². The molecule has 1 aliphatic heterocycles. The van der Waals surface area contributed by atoms with Gasteiger partial charge in [0.2, 0.25) is 5.36 Å². The summed E-state index contributed by atoms with van der Waals surface area (Å²) in [5, 5.41) is -15.9. The van der Waals surface area contributed by atoms with Gasteiger partial charge in [0, 0.05) is 28.1 Å². The van der Waals surface area contributed by atoms with Gasteiger partial charge in [0.15, 0.2) is 20.0 Å². The summed E-state index contributed by atoms with van der Waals surface area (Å²) in [4.78, 5) is -0.898. The normalized spacial score (nSPS) is 15.1. The van der Waals surface area contributed by atoms with Crippen LogP contribution in [0.4, 0.5) is 79.0 Å². The Morgan fingerprint density at radius 1 is 0.586 bits per heavy atom. The van der Waals surface area contributed by atoms with Crippen LogP contribution in [-0.2, 0) is 40.1 Å². The molecule has 392 valence electrons. The second-order valence-corrected chi connectivity index (χ2v) is 21.2. The van der Waals surface area contributed by atoms with Crippen LogP contribution in [0.5, 0.6) is 0 Å². The van der Waals surface area contributed by atoms with Gasteiger partial charge in [0.25, 0.3) is 0 Å². The second kappa shape index (κ2) is 18.1. The molecule has 0 spiro atoms. The lowest BCUT2D eigenvalue weighted by molar-refractivity contribution is -0.382. The van der Waals surface area contributed by atoms with Crippen molar-refractivity contribution in [1.29, 1.82) is 0 Å². The molecule has 0 saturated carbocycles. The smallest absolute Gasteiger partial charge is 0.456 e. The fourth-order valence-electron chi connectivity index (χ4n) is 6.21. The summed E-state index contributed by atoms with van der Waals surface area (Å²) in [7, 11) is -31.1. The fourth-order valence-corrected chi connectivity index (χ4v) is 11.9. The fraction of sp³-hybridized carbons (Fsp3) is 0.429. The van der Waals surface area contributed by atoms with Gasteiger partial charge in [-0.1, -0.05) is 25.1 Å². The largest absolute Gasteiger partial charge is 0.460 e. The Kier molecular flexibility index (Phi) is 14.9. The van der Waals surface area contributed by atoms with Gasteiger partial charge in [-0.15, -0.1) is 0 Å². The maximum atomic E-state index is 14.9. The molecule has 0 fully saturated rings. The minimum Gasteiger partial charge on any atom is -0.456 e. The van der Waals surface area contributed by atoms with Crippen molar-refractivity contribution in [2.24, 2.45) is 4.99 Å². The first kappa shape index (κ1) is 57.8. The molecule has 4 rings (SSSR count). The summed E-state index contributed by atoms with van der Waals surface area (Å²) in [6, 6.07) is 5.37. The summed E-state index contributed by atoms with van der Waals surface area (Å²) in [6.45, 7) is 8.89. The van der Waals surface area contributed by atoms with Crippen LogP contribution >= 0.6 is 0 Å². The summed E-state index contributed by atoms with van der Waals surface area (Å²) in [6.07, 6.45) is -15.2. The Bertz CT molecular complexity index is 3210. The molecule has 0 radical (unpaired) electrons. The van der Waals surface area contributed by atoms with Gasteiger partial charge in [-0.05, 0) is 56.8 Å². The van der Waals surface area contributed by atoms with Crippen LogP contribution in [0.15, 0.2) is 73.8 Å². The zero-order valence-corrected chi connectivity index (χ0v) is 37.8. The van der Waals surface area contributed by atoms with Gasteiger partial charge in [0.1, 0.15) is 44.5 Å². The molecule has 2 aromatic rings. The summed E-state index contributed by atoms with van der Waals surface area (Å²) in [5.74, 6) is -32.7. The highest BCUT2D eigenvalue weighted by Crippen LogP contribution is 2.58. The molecule has 2 aromatic carbocycles. The molecule has 0 aromatic heterocycles. The van der Waals surface area contributed by atoms with E-state index in [0.29, 0.717) is 5.36 Å². The molecular formula is C35H27F18N4O9S4-. The first-order chi connectivity index (χ1) is 31.3. The Hall–Kier alpha value is -4.74. The van der Waals surface area contributed by atoms with Crippen molar-refractivity contribution >= 4 is 57.8 Å². The van der Waals surface area contributed by atoms with E-state index in [9.17, 15) is 113 Å². The molecule has 1 heterocycles. The van der Waals surface area contributed by atoms with Gasteiger partial charge >= 0.3 is 46.6 Å². The molecule has 1 atom stereocenters. The lowest BCUT2D eigenvalue weighted by Gasteiger charge is -2.37. The van der Waals surface area contributed by atoms with E-state index in [2.05, 4.69) is 11.7 Å². The highest BCUT2D eigenvalue weighted by Gasteiger charge is 2.85. The van der Waals surface area contributed by atoms with Gasteiger partial charge in [-0.2, -0.15) is 79.0 Å². The topological polar surface area (TPSA) is 193 Å². The molecule has 0 amide bonds. The molecule has 1 aliphatic carbocycles. The van der Waals surface area contributed by atoms with Crippen molar-refractivity contribution < 1.29 is 117 Å².